The van der Waals surface area contributed by atoms with Crippen LogP contribution in [0.1, 0.15) is 13.8 Å². The average molecular weight is 393 g/mol. The number of hydrogen-bond acceptors (Lipinski definition) is 7. The Kier molecular flexibility index (Phi) is 12.9. The maximum atomic E-state index is 12.0. The Morgan fingerprint density at radius 1 is 1.37 bits per heavy atom. The number of aliphatic hydroxyl groups excluding tert-OH is 1. The molecule has 0 saturated heterocycles. The zero-order valence-electron chi connectivity index (χ0n) is 15.5. The molecule has 0 unspecified atom stereocenters. The van der Waals surface area contributed by atoms with E-state index < -0.39 is 22.3 Å². The van der Waals surface area contributed by atoms with Gasteiger partial charge in [0.05, 0.1) is 16.4 Å². The van der Waals surface area contributed by atoms with Gasteiger partial charge >= 0.3 is 11.6 Å². The number of carbonyl (C=O) groups excluding carboxylic acids is 1. The molecule has 0 rings (SSSR count). The Morgan fingerprint density at radius 2 is 2.07 bits per heavy atom. The summed E-state index contributed by atoms with van der Waals surface area (Å²) < 4.78 is 4.67. The first kappa shape index (κ1) is 24.2. The van der Waals surface area contributed by atoms with E-state index in [1.54, 1.807) is 49.6 Å². The maximum absolute atomic E-state index is 12.0. The van der Waals surface area contributed by atoms with Gasteiger partial charge in [-0.05, 0) is 24.8 Å². The van der Waals surface area contributed by atoms with Gasteiger partial charge < -0.3 is 9.84 Å². The summed E-state index contributed by atoms with van der Waals surface area (Å²) in [6.45, 7) is 6.53. The predicted molar refractivity (Wildman–Crippen MR) is 107 cm³/mol. The fraction of sp³-hybridized carbons (Fsp3) is 0.278. The van der Waals surface area contributed by atoms with Crippen LogP contribution < -0.4 is 0 Å². The van der Waals surface area contributed by atoms with Crippen molar-refractivity contribution in [3.05, 3.63) is 80.5 Å². The van der Waals surface area contributed by atoms with Crippen molar-refractivity contribution in [2.75, 3.05) is 20.3 Å². The number of carbonyl (C=O) groups is 1. The molecule has 27 heavy (non-hydrogen) atoms. The first-order valence-electron chi connectivity index (χ1n) is 7.79. The normalized spacial score (nSPS) is 14.2. The molecule has 8 nitrogen and oxygen atoms in total. The smallest absolute Gasteiger partial charge is 0.308 e. The molecule has 1 N–H and O–H groups in total. The van der Waals surface area contributed by atoms with Crippen LogP contribution in [0.25, 0.3) is 0 Å². The van der Waals surface area contributed by atoms with Gasteiger partial charge in [0.2, 0.25) is 0 Å². The van der Waals surface area contributed by atoms with Gasteiger partial charge in [0, 0.05) is 13.2 Å². The predicted octanol–water partition coefficient (Wildman–Crippen LogP) is 4.50. The van der Waals surface area contributed by atoms with E-state index in [-0.39, 0.29) is 13.2 Å². The minimum atomic E-state index is -0.720. The van der Waals surface area contributed by atoms with Gasteiger partial charge in [-0.15, -0.1) is 5.11 Å². The number of thioether (sulfide) groups is 1. The molecule has 0 atom stereocenters. The highest BCUT2D eigenvalue weighted by Crippen LogP contribution is 2.19. The summed E-state index contributed by atoms with van der Waals surface area (Å²) in [4.78, 5) is 22.6. The number of nitro groups is 1. The fourth-order valence-electron chi connectivity index (χ4n) is 1.53. The number of ether oxygens (including phenoxy) is 1. The summed E-state index contributed by atoms with van der Waals surface area (Å²) in [6, 6.07) is 0. The van der Waals surface area contributed by atoms with Gasteiger partial charge in [-0.3, -0.25) is 14.9 Å². The molecule has 0 bridgehead atoms. The van der Waals surface area contributed by atoms with Crippen molar-refractivity contribution in [2.24, 2.45) is 10.2 Å². The third kappa shape index (κ3) is 10.7. The summed E-state index contributed by atoms with van der Waals surface area (Å²) >= 11 is 1.20. The zero-order valence-corrected chi connectivity index (χ0v) is 16.3. The third-order valence-corrected chi connectivity index (χ3v) is 3.70. The summed E-state index contributed by atoms with van der Waals surface area (Å²) in [5, 5.41) is 29.7. The molecular weight excluding hydrogens is 370 g/mol. The number of nitrogens with zero attached hydrogens (tertiary/aromatic N) is 3. The molecule has 0 aromatic rings. The molecule has 0 radical (unpaired) electrons. The number of amides is 1. The van der Waals surface area contributed by atoms with Gasteiger partial charge in [-0.25, -0.2) is 0 Å². The number of hydrogen-bond donors (Lipinski definition) is 1. The molecule has 0 aliphatic carbocycles. The van der Waals surface area contributed by atoms with Gasteiger partial charge in [-0.1, -0.05) is 48.7 Å². The molecule has 0 aliphatic rings. The average Bonchev–Trinajstić information content (AvgIpc) is 2.62. The van der Waals surface area contributed by atoms with E-state index in [0.717, 1.165) is 6.08 Å². The highest BCUT2D eigenvalue weighted by atomic mass is 32.2. The second kappa shape index (κ2) is 14.4. The Balaban J connectivity index is 4.94. The Bertz CT molecular complexity index is 719. The van der Waals surface area contributed by atoms with Crippen LogP contribution in [0.2, 0.25) is 0 Å². The first-order valence-corrected chi connectivity index (χ1v) is 8.66. The van der Waals surface area contributed by atoms with Crippen molar-refractivity contribution in [1.82, 2.24) is 0 Å². The van der Waals surface area contributed by atoms with Crippen LogP contribution in [0.15, 0.2) is 80.6 Å². The standard InChI is InChI=1S/C18H23N3O5S/c1-5-7-8-9-10-27-17(6-2)18(23)20-19-12-14(3)11-15(21(24)25)16(22)13-26-4/h5-11,22H,1,12-13H2,2-4H3/b8-7-,10-9+,14-11+,16-15-,17-6-,20-19?. The molecule has 0 heterocycles. The van der Waals surface area contributed by atoms with Crippen molar-refractivity contribution in [2.45, 2.75) is 13.8 Å². The molecule has 0 aliphatic heterocycles. The molecule has 146 valence electrons. The molecule has 9 heteroatoms. The number of aliphatic hydroxyl groups is 1. The Morgan fingerprint density at radius 3 is 2.63 bits per heavy atom. The summed E-state index contributed by atoms with van der Waals surface area (Å²) in [7, 11) is 1.31. The van der Waals surface area contributed by atoms with E-state index in [2.05, 4.69) is 21.5 Å². The minimum absolute atomic E-state index is 0.0249. The molecule has 0 spiro atoms. The van der Waals surface area contributed by atoms with Crippen LogP contribution >= 0.6 is 11.8 Å². The van der Waals surface area contributed by atoms with Gasteiger partial charge in [0.1, 0.15) is 6.61 Å². The van der Waals surface area contributed by atoms with Crippen LogP contribution in [-0.2, 0) is 9.53 Å². The maximum Gasteiger partial charge on any atom is 0.308 e. The van der Waals surface area contributed by atoms with Crippen molar-refractivity contribution in [1.29, 1.82) is 0 Å². The van der Waals surface area contributed by atoms with Crippen molar-refractivity contribution < 1.29 is 19.6 Å². The Hall–Kier alpha value is -2.78. The van der Waals surface area contributed by atoms with Crippen LogP contribution in [0.5, 0.6) is 0 Å². The number of rotatable bonds is 11. The molecule has 0 fully saturated rings. The van der Waals surface area contributed by atoms with Gasteiger partial charge in [0.25, 0.3) is 0 Å². The Labute approximate surface area is 162 Å². The topological polar surface area (TPSA) is 114 Å². The lowest BCUT2D eigenvalue weighted by Crippen LogP contribution is -2.06. The molecule has 0 saturated carbocycles. The quantitative estimate of drug-likeness (QED) is 0.138. The zero-order chi connectivity index (χ0) is 20.7. The molecule has 1 amide bonds. The van der Waals surface area contributed by atoms with Gasteiger partial charge in [0.15, 0.2) is 5.76 Å². The van der Waals surface area contributed by atoms with E-state index >= 15 is 0 Å². The third-order valence-electron chi connectivity index (χ3n) is 2.74. The lowest BCUT2D eigenvalue weighted by Gasteiger charge is -2.00. The molecule has 0 aromatic heterocycles. The second-order valence-electron chi connectivity index (χ2n) is 4.94. The highest BCUT2D eigenvalue weighted by molar-refractivity contribution is 8.06. The number of azo groups is 1. The summed E-state index contributed by atoms with van der Waals surface area (Å²) in [5.74, 6) is -1.01. The van der Waals surface area contributed by atoms with Crippen molar-refractivity contribution in [3.8, 4) is 0 Å². The minimum Gasteiger partial charge on any atom is -0.504 e. The molecular formula is C18H23N3O5S. The van der Waals surface area contributed by atoms with Crippen molar-refractivity contribution in [3.63, 3.8) is 0 Å². The highest BCUT2D eigenvalue weighted by Gasteiger charge is 2.15. The van der Waals surface area contributed by atoms with E-state index in [9.17, 15) is 20.0 Å². The fourth-order valence-corrected chi connectivity index (χ4v) is 2.13. The summed E-state index contributed by atoms with van der Waals surface area (Å²) in [5.41, 5.74) is -0.0386. The number of allylic oxidation sites excluding steroid dienone is 6. The monoisotopic (exact) mass is 393 g/mol. The number of methoxy groups -OCH3 is 1. The lowest BCUT2D eigenvalue weighted by molar-refractivity contribution is -0.422. The van der Waals surface area contributed by atoms with Crippen molar-refractivity contribution >= 4 is 17.7 Å². The molecule has 0 aromatic carbocycles. The summed E-state index contributed by atoms with van der Waals surface area (Å²) in [6.07, 6.45) is 9.69. The first-order chi connectivity index (χ1) is 12.9. The largest absolute Gasteiger partial charge is 0.504 e. The van der Waals surface area contributed by atoms with Crippen LogP contribution in [0, 0.1) is 10.1 Å². The second-order valence-corrected chi connectivity index (χ2v) is 5.89. The SMILES string of the molecule is C=C/C=C\C=C\S/C(=C\C)C(=O)N=NC/C(C)=C/C(=C(/O)COC)[N+](=O)[O-]. The van der Waals surface area contributed by atoms with E-state index in [0.29, 0.717) is 10.5 Å². The van der Waals surface area contributed by atoms with E-state index in [1.807, 2.05) is 0 Å². The van der Waals surface area contributed by atoms with E-state index in [4.69, 9.17) is 0 Å². The van der Waals surface area contributed by atoms with Crippen LogP contribution in [0.3, 0.4) is 0 Å². The van der Waals surface area contributed by atoms with Crippen LogP contribution in [-0.4, -0.2) is 36.2 Å². The lowest BCUT2D eigenvalue weighted by atomic mass is 10.2. The van der Waals surface area contributed by atoms with Crippen LogP contribution in [0.4, 0.5) is 0 Å². The van der Waals surface area contributed by atoms with E-state index in [1.165, 1.54) is 18.9 Å². The van der Waals surface area contributed by atoms with Gasteiger partial charge in [-0.2, -0.15) is 5.11 Å².